The van der Waals surface area contributed by atoms with Crippen molar-refractivity contribution in [3.8, 4) is 0 Å². The van der Waals surface area contributed by atoms with Crippen molar-refractivity contribution >= 4 is 29.1 Å². The van der Waals surface area contributed by atoms with Crippen LogP contribution in [0.4, 0.5) is 5.69 Å². The predicted molar refractivity (Wildman–Crippen MR) is 96.2 cm³/mol. The standard InChI is InChI=1S/C18H24N4O3/c1-12-7-6-8-13(2)16(12)19-15(23)11-14(3)20-21-17(24)18(25)22-9-4-5-10-22/h6-8H,4-5,9-11H2,1-3H3,(H,19,23)(H,21,24). The molecule has 1 aliphatic heterocycles. The van der Waals surface area contributed by atoms with Crippen molar-refractivity contribution in [2.45, 2.75) is 40.0 Å². The first-order valence-electron chi connectivity index (χ1n) is 8.37. The average Bonchev–Trinajstić information content (AvgIpc) is 3.10. The maximum absolute atomic E-state index is 12.1. The molecule has 2 N–H and O–H groups in total. The molecule has 0 unspecified atom stereocenters. The fraction of sp³-hybridized carbons (Fsp3) is 0.444. The van der Waals surface area contributed by atoms with Gasteiger partial charge in [-0.25, -0.2) is 5.43 Å². The summed E-state index contributed by atoms with van der Waals surface area (Å²) in [6.45, 7) is 6.69. The van der Waals surface area contributed by atoms with E-state index >= 15 is 0 Å². The lowest BCUT2D eigenvalue weighted by molar-refractivity contribution is -0.145. The summed E-state index contributed by atoms with van der Waals surface area (Å²) >= 11 is 0. The number of hydrogen-bond donors (Lipinski definition) is 2. The minimum Gasteiger partial charge on any atom is -0.334 e. The van der Waals surface area contributed by atoms with E-state index in [2.05, 4.69) is 15.8 Å². The highest BCUT2D eigenvalue weighted by Crippen LogP contribution is 2.19. The van der Waals surface area contributed by atoms with E-state index in [0.29, 0.717) is 18.8 Å². The molecule has 0 bridgehead atoms. The van der Waals surface area contributed by atoms with Crippen LogP contribution in [0.25, 0.3) is 0 Å². The normalized spacial score (nSPS) is 14.4. The second kappa shape index (κ2) is 8.41. The molecule has 1 fully saturated rings. The van der Waals surface area contributed by atoms with Crippen LogP contribution < -0.4 is 10.7 Å². The molecule has 1 saturated heterocycles. The minimum absolute atomic E-state index is 0.0337. The number of carbonyl (C=O) groups excluding carboxylic acids is 3. The minimum atomic E-state index is -0.767. The highest BCUT2D eigenvalue weighted by molar-refractivity contribution is 6.35. The summed E-state index contributed by atoms with van der Waals surface area (Å²) in [4.78, 5) is 37.3. The van der Waals surface area contributed by atoms with E-state index < -0.39 is 11.8 Å². The summed E-state index contributed by atoms with van der Waals surface area (Å²) in [5, 5.41) is 6.71. The number of hydrogen-bond acceptors (Lipinski definition) is 4. The molecule has 1 heterocycles. The smallest absolute Gasteiger partial charge is 0.329 e. The monoisotopic (exact) mass is 344 g/mol. The molecule has 0 aliphatic carbocycles. The largest absolute Gasteiger partial charge is 0.334 e. The number of para-hydroxylation sites is 1. The van der Waals surface area contributed by atoms with Crippen molar-refractivity contribution in [2.75, 3.05) is 18.4 Å². The average molecular weight is 344 g/mol. The highest BCUT2D eigenvalue weighted by atomic mass is 16.2. The van der Waals surface area contributed by atoms with Gasteiger partial charge in [0.2, 0.25) is 5.91 Å². The van der Waals surface area contributed by atoms with Gasteiger partial charge in [-0.3, -0.25) is 14.4 Å². The second-order valence-corrected chi connectivity index (χ2v) is 6.28. The van der Waals surface area contributed by atoms with Crippen LogP contribution in [0.2, 0.25) is 0 Å². The van der Waals surface area contributed by atoms with Crippen molar-refractivity contribution in [3.05, 3.63) is 29.3 Å². The molecule has 0 radical (unpaired) electrons. The summed E-state index contributed by atoms with van der Waals surface area (Å²) in [6.07, 6.45) is 1.87. The third-order valence-electron chi connectivity index (χ3n) is 4.10. The Labute approximate surface area is 147 Å². The third-order valence-corrected chi connectivity index (χ3v) is 4.10. The Hall–Kier alpha value is -2.70. The van der Waals surface area contributed by atoms with Crippen LogP contribution in [0, 0.1) is 13.8 Å². The Morgan fingerprint density at radius 3 is 2.32 bits per heavy atom. The fourth-order valence-corrected chi connectivity index (χ4v) is 2.72. The summed E-state index contributed by atoms with van der Waals surface area (Å²) in [7, 11) is 0. The van der Waals surface area contributed by atoms with Crippen LogP contribution >= 0.6 is 0 Å². The topological polar surface area (TPSA) is 90.9 Å². The quantitative estimate of drug-likeness (QED) is 0.495. The van der Waals surface area contributed by atoms with Gasteiger partial charge in [0, 0.05) is 24.5 Å². The molecule has 0 saturated carbocycles. The number of rotatable bonds is 4. The van der Waals surface area contributed by atoms with E-state index in [1.807, 2.05) is 32.0 Å². The molecular formula is C18H24N4O3. The number of anilines is 1. The van der Waals surface area contributed by atoms with Gasteiger partial charge in [0.05, 0.1) is 6.42 Å². The number of carbonyl (C=O) groups is 3. The van der Waals surface area contributed by atoms with Crippen LogP contribution in [0.3, 0.4) is 0 Å². The van der Waals surface area contributed by atoms with E-state index in [1.54, 1.807) is 6.92 Å². The van der Waals surface area contributed by atoms with Gasteiger partial charge in [-0.15, -0.1) is 0 Å². The van der Waals surface area contributed by atoms with Crippen molar-refractivity contribution < 1.29 is 14.4 Å². The summed E-state index contributed by atoms with van der Waals surface area (Å²) in [6, 6.07) is 5.78. The van der Waals surface area contributed by atoms with Crippen LogP contribution in [-0.4, -0.2) is 41.4 Å². The Bertz CT molecular complexity index is 686. The van der Waals surface area contributed by atoms with Gasteiger partial charge >= 0.3 is 11.8 Å². The predicted octanol–water partition coefficient (Wildman–Crippen LogP) is 1.75. The molecule has 134 valence electrons. The molecular weight excluding hydrogens is 320 g/mol. The third kappa shape index (κ3) is 5.14. The van der Waals surface area contributed by atoms with E-state index in [-0.39, 0.29) is 12.3 Å². The molecule has 3 amide bonds. The number of aryl methyl sites for hydroxylation is 2. The first kappa shape index (κ1) is 18.6. The van der Waals surface area contributed by atoms with Crippen LogP contribution in [-0.2, 0) is 14.4 Å². The Morgan fingerprint density at radius 2 is 1.72 bits per heavy atom. The second-order valence-electron chi connectivity index (χ2n) is 6.28. The molecule has 7 nitrogen and oxygen atoms in total. The van der Waals surface area contributed by atoms with E-state index in [1.165, 1.54) is 4.90 Å². The van der Waals surface area contributed by atoms with E-state index in [9.17, 15) is 14.4 Å². The van der Waals surface area contributed by atoms with Gasteiger partial charge in [0.25, 0.3) is 0 Å². The number of amides is 3. The van der Waals surface area contributed by atoms with Gasteiger partial charge in [-0.2, -0.15) is 5.10 Å². The van der Waals surface area contributed by atoms with Gasteiger partial charge < -0.3 is 10.2 Å². The Morgan fingerprint density at radius 1 is 1.12 bits per heavy atom. The Kier molecular flexibility index (Phi) is 6.27. The van der Waals surface area contributed by atoms with Crippen molar-refractivity contribution in [2.24, 2.45) is 5.10 Å². The van der Waals surface area contributed by atoms with Crippen molar-refractivity contribution in [1.82, 2.24) is 10.3 Å². The molecule has 1 aromatic rings. The van der Waals surface area contributed by atoms with Crippen LogP contribution in [0.15, 0.2) is 23.3 Å². The van der Waals surface area contributed by atoms with Gasteiger partial charge in [0.1, 0.15) is 0 Å². The SMILES string of the molecule is CC(CC(=O)Nc1c(C)cccc1C)=NNC(=O)C(=O)N1CCCC1. The molecule has 0 spiro atoms. The van der Waals surface area contributed by atoms with Crippen molar-refractivity contribution in [3.63, 3.8) is 0 Å². The van der Waals surface area contributed by atoms with Crippen LogP contribution in [0.1, 0.15) is 37.3 Å². The van der Waals surface area contributed by atoms with E-state index in [4.69, 9.17) is 0 Å². The zero-order valence-corrected chi connectivity index (χ0v) is 14.9. The fourth-order valence-electron chi connectivity index (χ4n) is 2.72. The zero-order valence-electron chi connectivity index (χ0n) is 14.9. The summed E-state index contributed by atoms with van der Waals surface area (Å²) < 4.78 is 0. The maximum Gasteiger partial charge on any atom is 0.329 e. The van der Waals surface area contributed by atoms with Gasteiger partial charge in [-0.05, 0) is 44.7 Å². The zero-order chi connectivity index (χ0) is 18.4. The lowest BCUT2D eigenvalue weighted by Crippen LogP contribution is -2.40. The molecule has 2 rings (SSSR count). The number of likely N-dealkylation sites (tertiary alicyclic amines) is 1. The molecule has 7 heteroatoms. The van der Waals surface area contributed by atoms with Crippen molar-refractivity contribution in [1.29, 1.82) is 0 Å². The van der Waals surface area contributed by atoms with Gasteiger partial charge in [0.15, 0.2) is 0 Å². The lowest BCUT2D eigenvalue weighted by Gasteiger charge is -2.13. The molecule has 0 aromatic heterocycles. The number of benzene rings is 1. The summed E-state index contributed by atoms with van der Waals surface area (Å²) in [5.41, 5.74) is 5.40. The number of nitrogens with one attached hydrogen (secondary N) is 2. The lowest BCUT2D eigenvalue weighted by atomic mass is 10.1. The van der Waals surface area contributed by atoms with Crippen LogP contribution in [0.5, 0.6) is 0 Å². The first-order chi connectivity index (χ1) is 11.9. The van der Waals surface area contributed by atoms with E-state index in [0.717, 1.165) is 29.7 Å². The van der Waals surface area contributed by atoms with Gasteiger partial charge in [-0.1, -0.05) is 18.2 Å². The number of nitrogens with zero attached hydrogens (tertiary/aromatic N) is 2. The molecule has 0 atom stereocenters. The Balaban J connectivity index is 1.86. The first-order valence-corrected chi connectivity index (χ1v) is 8.37. The molecule has 25 heavy (non-hydrogen) atoms. The molecule has 1 aliphatic rings. The summed E-state index contributed by atoms with van der Waals surface area (Å²) in [5.74, 6) is -1.57. The maximum atomic E-state index is 12.1. The molecule has 1 aromatic carbocycles. The number of hydrazone groups is 1. The highest BCUT2D eigenvalue weighted by Gasteiger charge is 2.24.